The molecule has 6 nitrogen and oxygen atoms in total. The van der Waals surface area contributed by atoms with Gasteiger partial charge in [-0.15, -0.1) is 0 Å². The predicted molar refractivity (Wildman–Crippen MR) is 95.6 cm³/mol. The number of ether oxygens (including phenoxy) is 1. The highest BCUT2D eigenvalue weighted by Crippen LogP contribution is 2.26. The molecule has 0 bridgehead atoms. The van der Waals surface area contributed by atoms with Crippen molar-refractivity contribution >= 4 is 22.7 Å². The Balaban J connectivity index is 1.98. The number of benzene rings is 2. The molecule has 25 heavy (non-hydrogen) atoms. The number of nitrogens with two attached hydrogens (primary N) is 1. The standard InChI is InChI=1S/C19H19N3O3/c1-12-7-3-6-10-16(12)25-11-17(23)22-13(2)18(19(24)21-20)14-8-4-5-9-15(14)22/h3-10H,11,20H2,1-2H3,(H,21,24). The first-order chi connectivity index (χ1) is 12.0. The number of nitrogen functional groups attached to an aromatic ring is 1. The fourth-order valence-electron chi connectivity index (χ4n) is 2.97. The van der Waals surface area contributed by atoms with E-state index in [-0.39, 0.29) is 12.5 Å². The van der Waals surface area contributed by atoms with Gasteiger partial charge in [0.2, 0.25) is 0 Å². The molecule has 1 heterocycles. The van der Waals surface area contributed by atoms with E-state index in [1.54, 1.807) is 19.1 Å². The number of hydrogen-bond donors (Lipinski definition) is 2. The van der Waals surface area contributed by atoms with E-state index < -0.39 is 5.91 Å². The summed E-state index contributed by atoms with van der Waals surface area (Å²) >= 11 is 0. The summed E-state index contributed by atoms with van der Waals surface area (Å²) in [6, 6.07) is 14.7. The summed E-state index contributed by atoms with van der Waals surface area (Å²) in [7, 11) is 0. The van der Waals surface area contributed by atoms with Crippen LogP contribution in [0.25, 0.3) is 10.9 Å². The van der Waals surface area contributed by atoms with E-state index in [4.69, 9.17) is 10.6 Å². The highest BCUT2D eigenvalue weighted by molar-refractivity contribution is 6.10. The van der Waals surface area contributed by atoms with Gasteiger partial charge in [-0.05, 0) is 31.5 Å². The van der Waals surface area contributed by atoms with E-state index in [0.29, 0.717) is 27.9 Å². The number of fused-ring (bicyclic) bond motifs is 1. The number of aromatic nitrogens is 1. The molecule has 0 spiro atoms. The number of nitrogens with one attached hydrogen (secondary N) is 1. The zero-order chi connectivity index (χ0) is 18.0. The summed E-state index contributed by atoms with van der Waals surface area (Å²) in [5, 5.41) is 0.673. The summed E-state index contributed by atoms with van der Waals surface area (Å²) in [4.78, 5) is 24.9. The van der Waals surface area contributed by atoms with Gasteiger partial charge in [0.05, 0.1) is 11.1 Å². The van der Waals surface area contributed by atoms with E-state index >= 15 is 0 Å². The van der Waals surface area contributed by atoms with Crippen molar-refractivity contribution in [3.05, 3.63) is 65.4 Å². The third kappa shape index (κ3) is 2.99. The zero-order valence-electron chi connectivity index (χ0n) is 14.1. The molecule has 0 radical (unpaired) electrons. The SMILES string of the molecule is Cc1ccccc1OCC(=O)n1c(C)c(C(=O)NN)c2ccccc21. The number of aryl methyl sites for hydroxylation is 1. The van der Waals surface area contributed by atoms with Crippen LogP contribution in [0.3, 0.4) is 0 Å². The Morgan fingerprint density at radius 2 is 1.76 bits per heavy atom. The summed E-state index contributed by atoms with van der Waals surface area (Å²) in [5.41, 5.74) is 4.66. The van der Waals surface area contributed by atoms with Gasteiger partial charge in [-0.2, -0.15) is 0 Å². The van der Waals surface area contributed by atoms with Gasteiger partial charge in [-0.25, -0.2) is 5.84 Å². The topological polar surface area (TPSA) is 86.3 Å². The van der Waals surface area contributed by atoms with Crippen LogP contribution in [0.15, 0.2) is 48.5 Å². The van der Waals surface area contributed by atoms with Gasteiger partial charge < -0.3 is 4.74 Å². The van der Waals surface area contributed by atoms with Crippen LogP contribution in [0, 0.1) is 13.8 Å². The lowest BCUT2D eigenvalue weighted by molar-refractivity contribution is 0.0840. The molecule has 0 aliphatic carbocycles. The maximum Gasteiger partial charge on any atom is 0.269 e. The zero-order valence-corrected chi connectivity index (χ0v) is 14.1. The van der Waals surface area contributed by atoms with Crippen molar-refractivity contribution in [3.8, 4) is 5.75 Å². The summed E-state index contributed by atoms with van der Waals surface area (Å²) in [5.74, 6) is 5.25. The van der Waals surface area contributed by atoms with Gasteiger partial charge in [0.1, 0.15) is 5.75 Å². The van der Waals surface area contributed by atoms with Crippen LogP contribution in [-0.4, -0.2) is 23.0 Å². The Hall–Kier alpha value is -3.12. The molecular weight excluding hydrogens is 318 g/mol. The first-order valence-electron chi connectivity index (χ1n) is 7.87. The molecule has 0 saturated heterocycles. The average molecular weight is 337 g/mol. The van der Waals surface area contributed by atoms with Crippen molar-refractivity contribution in [3.63, 3.8) is 0 Å². The molecule has 3 aromatic rings. The fraction of sp³-hybridized carbons (Fsp3) is 0.158. The smallest absolute Gasteiger partial charge is 0.269 e. The maximum absolute atomic E-state index is 12.8. The first kappa shape index (κ1) is 16.7. The van der Waals surface area contributed by atoms with Crippen molar-refractivity contribution in [2.24, 2.45) is 5.84 Å². The Morgan fingerprint density at radius 3 is 2.48 bits per heavy atom. The van der Waals surface area contributed by atoms with Gasteiger partial charge in [0.25, 0.3) is 11.8 Å². The molecular formula is C19H19N3O3. The number of para-hydroxylation sites is 2. The summed E-state index contributed by atoms with van der Waals surface area (Å²) in [6.07, 6.45) is 0. The maximum atomic E-state index is 12.8. The number of amides is 1. The van der Waals surface area contributed by atoms with Crippen molar-refractivity contribution < 1.29 is 14.3 Å². The van der Waals surface area contributed by atoms with Crippen molar-refractivity contribution in [1.29, 1.82) is 0 Å². The van der Waals surface area contributed by atoms with Crippen molar-refractivity contribution in [2.75, 3.05) is 6.61 Å². The molecule has 0 aliphatic heterocycles. The Labute approximate surface area is 145 Å². The van der Waals surface area contributed by atoms with Crippen LogP contribution in [0.1, 0.15) is 26.4 Å². The van der Waals surface area contributed by atoms with Gasteiger partial charge >= 0.3 is 0 Å². The molecule has 6 heteroatoms. The minimum Gasteiger partial charge on any atom is -0.483 e. The molecule has 0 atom stereocenters. The number of carbonyl (C=O) groups is 2. The van der Waals surface area contributed by atoms with Crippen LogP contribution >= 0.6 is 0 Å². The minimum absolute atomic E-state index is 0.131. The van der Waals surface area contributed by atoms with Gasteiger partial charge in [0.15, 0.2) is 6.61 Å². The number of rotatable bonds is 4. The molecule has 0 fully saturated rings. The third-order valence-corrected chi connectivity index (χ3v) is 4.16. The van der Waals surface area contributed by atoms with Gasteiger partial charge in [-0.3, -0.25) is 19.6 Å². The molecule has 2 aromatic carbocycles. The molecule has 0 aliphatic rings. The highest BCUT2D eigenvalue weighted by Gasteiger charge is 2.22. The van der Waals surface area contributed by atoms with Crippen LogP contribution in [-0.2, 0) is 0 Å². The van der Waals surface area contributed by atoms with Crippen LogP contribution in [0.2, 0.25) is 0 Å². The average Bonchev–Trinajstić information content (AvgIpc) is 2.92. The van der Waals surface area contributed by atoms with E-state index in [1.807, 2.05) is 43.3 Å². The van der Waals surface area contributed by atoms with E-state index in [2.05, 4.69) is 5.43 Å². The lowest BCUT2D eigenvalue weighted by atomic mass is 10.1. The largest absolute Gasteiger partial charge is 0.483 e. The van der Waals surface area contributed by atoms with Gasteiger partial charge in [0, 0.05) is 11.1 Å². The lowest BCUT2D eigenvalue weighted by Crippen LogP contribution is -2.30. The second-order valence-corrected chi connectivity index (χ2v) is 5.73. The number of nitrogens with zero attached hydrogens (tertiary/aromatic N) is 1. The molecule has 0 unspecified atom stereocenters. The predicted octanol–water partition coefficient (Wildman–Crippen LogP) is 2.58. The molecule has 1 aromatic heterocycles. The summed E-state index contributed by atoms with van der Waals surface area (Å²) in [6.45, 7) is 3.50. The fourth-order valence-corrected chi connectivity index (χ4v) is 2.97. The van der Waals surface area contributed by atoms with Crippen molar-refractivity contribution in [1.82, 2.24) is 9.99 Å². The molecule has 0 saturated carbocycles. The molecule has 3 N–H and O–H groups in total. The number of carbonyl (C=O) groups excluding carboxylic acids is 2. The highest BCUT2D eigenvalue weighted by atomic mass is 16.5. The summed E-state index contributed by atoms with van der Waals surface area (Å²) < 4.78 is 7.16. The monoisotopic (exact) mass is 337 g/mol. The quantitative estimate of drug-likeness (QED) is 0.435. The van der Waals surface area contributed by atoms with E-state index in [0.717, 1.165) is 5.56 Å². The Kier molecular flexibility index (Phi) is 4.54. The van der Waals surface area contributed by atoms with Gasteiger partial charge in [-0.1, -0.05) is 36.4 Å². The number of hydrazine groups is 1. The van der Waals surface area contributed by atoms with Crippen LogP contribution in [0.4, 0.5) is 0 Å². The second kappa shape index (κ2) is 6.78. The van der Waals surface area contributed by atoms with Crippen molar-refractivity contribution in [2.45, 2.75) is 13.8 Å². The molecule has 128 valence electrons. The third-order valence-electron chi connectivity index (χ3n) is 4.16. The first-order valence-corrected chi connectivity index (χ1v) is 7.87. The number of hydrogen-bond acceptors (Lipinski definition) is 4. The molecule has 3 rings (SSSR count). The van der Waals surface area contributed by atoms with Crippen LogP contribution < -0.4 is 16.0 Å². The van der Waals surface area contributed by atoms with E-state index in [9.17, 15) is 9.59 Å². The Morgan fingerprint density at radius 1 is 1.08 bits per heavy atom. The Bertz CT molecular complexity index is 960. The normalized spacial score (nSPS) is 10.7. The second-order valence-electron chi connectivity index (χ2n) is 5.73. The lowest BCUT2D eigenvalue weighted by Gasteiger charge is -2.10. The van der Waals surface area contributed by atoms with Crippen LogP contribution in [0.5, 0.6) is 5.75 Å². The molecule has 1 amide bonds. The van der Waals surface area contributed by atoms with E-state index in [1.165, 1.54) is 4.57 Å². The minimum atomic E-state index is -0.430.